The van der Waals surface area contributed by atoms with Crippen LogP contribution in [0.15, 0.2) is 24.3 Å². The molecule has 0 bridgehead atoms. The van der Waals surface area contributed by atoms with Crippen LogP contribution in [0.3, 0.4) is 0 Å². The minimum absolute atomic E-state index is 0.302. The number of hydrogen-bond acceptors (Lipinski definition) is 3. The van der Waals surface area contributed by atoms with Gasteiger partial charge in [0.15, 0.2) is 0 Å². The molecule has 2 unspecified atom stereocenters. The molecular formula is C15H23NOS. The van der Waals surface area contributed by atoms with Gasteiger partial charge in [-0.15, -0.1) is 0 Å². The molecule has 0 radical (unpaired) electrons. The van der Waals surface area contributed by atoms with Crippen molar-refractivity contribution in [1.29, 1.82) is 0 Å². The number of fused-ring (bicyclic) bond motifs is 1. The summed E-state index contributed by atoms with van der Waals surface area (Å²) in [5.74, 6) is 2.89. The van der Waals surface area contributed by atoms with Crippen molar-refractivity contribution in [2.75, 3.05) is 18.9 Å². The highest BCUT2D eigenvalue weighted by Crippen LogP contribution is 2.31. The predicted molar refractivity (Wildman–Crippen MR) is 78.8 cm³/mol. The lowest BCUT2D eigenvalue weighted by atomic mass is 9.99. The maximum atomic E-state index is 9.03. The van der Waals surface area contributed by atoms with Gasteiger partial charge in [0, 0.05) is 24.2 Å². The SMILES string of the molecule is CCC(CCO)CNC1CSCc2ccccc21. The molecule has 3 heteroatoms. The molecule has 0 aromatic heterocycles. The summed E-state index contributed by atoms with van der Waals surface area (Å²) in [6, 6.07) is 9.23. The third-order valence-electron chi connectivity index (χ3n) is 3.74. The summed E-state index contributed by atoms with van der Waals surface area (Å²) in [4.78, 5) is 0. The molecule has 2 nitrogen and oxygen atoms in total. The van der Waals surface area contributed by atoms with Crippen molar-refractivity contribution in [3.8, 4) is 0 Å². The molecule has 0 amide bonds. The topological polar surface area (TPSA) is 32.3 Å². The van der Waals surface area contributed by atoms with Gasteiger partial charge in [-0.2, -0.15) is 11.8 Å². The van der Waals surface area contributed by atoms with Crippen molar-refractivity contribution in [3.63, 3.8) is 0 Å². The van der Waals surface area contributed by atoms with E-state index in [4.69, 9.17) is 5.11 Å². The Morgan fingerprint density at radius 1 is 1.44 bits per heavy atom. The summed E-state index contributed by atoms with van der Waals surface area (Å²) in [6.07, 6.45) is 2.04. The Bertz CT molecular complexity index is 369. The normalized spacial score (nSPS) is 20.4. The van der Waals surface area contributed by atoms with Crippen LogP contribution in [0.2, 0.25) is 0 Å². The van der Waals surface area contributed by atoms with Crippen molar-refractivity contribution in [2.45, 2.75) is 31.6 Å². The lowest BCUT2D eigenvalue weighted by Crippen LogP contribution is -2.31. The van der Waals surface area contributed by atoms with E-state index in [0.29, 0.717) is 18.6 Å². The quantitative estimate of drug-likeness (QED) is 0.829. The Balaban J connectivity index is 1.94. The van der Waals surface area contributed by atoms with E-state index in [-0.39, 0.29) is 0 Å². The summed E-state index contributed by atoms with van der Waals surface area (Å²) in [6.45, 7) is 3.51. The number of rotatable bonds is 6. The van der Waals surface area contributed by atoms with E-state index >= 15 is 0 Å². The van der Waals surface area contributed by atoms with Gasteiger partial charge in [-0.3, -0.25) is 0 Å². The summed E-state index contributed by atoms with van der Waals surface area (Å²) in [7, 11) is 0. The maximum Gasteiger partial charge on any atom is 0.0434 e. The molecule has 0 saturated heterocycles. The molecule has 0 fully saturated rings. The second kappa shape index (κ2) is 7.17. The third kappa shape index (κ3) is 3.50. The van der Waals surface area contributed by atoms with Gasteiger partial charge in [-0.25, -0.2) is 0 Å². The zero-order valence-corrected chi connectivity index (χ0v) is 11.9. The highest BCUT2D eigenvalue weighted by atomic mass is 32.2. The highest BCUT2D eigenvalue weighted by Gasteiger charge is 2.20. The number of benzene rings is 1. The first-order chi connectivity index (χ1) is 8.85. The van der Waals surface area contributed by atoms with Crippen molar-refractivity contribution in [3.05, 3.63) is 35.4 Å². The molecule has 1 aromatic carbocycles. The van der Waals surface area contributed by atoms with Gasteiger partial charge in [0.1, 0.15) is 0 Å². The molecular weight excluding hydrogens is 242 g/mol. The van der Waals surface area contributed by atoms with Crippen molar-refractivity contribution < 1.29 is 5.11 Å². The molecule has 1 aromatic rings. The van der Waals surface area contributed by atoms with E-state index in [0.717, 1.165) is 30.9 Å². The van der Waals surface area contributed by atoms with Crippen molar-refractivity contribution in [1.82, 2.24) is 5.32 Å². The number of thioether (sulfide) groups is 1. The fourth-order valence-electron chi connectivity index (χ4n) is 2.49. The summed E-state index contributed by atoms with van der Waals surface area (Å²) in [5.41, 5.74) is 2.94. The Labute approximate surface area is 114 Å². The molecule has 1 heterocycles. The molecule has 1 aliphatic rings. The lowest BCUT2D eigenvalue weighted by molar-refractivity contribution is 0.249. The fourth-order valence-corrected chi connectivity index (χ4v) is 3.63. The average molecular weight is 265 g/mol. The van der Waals surface area contributed by atoms with Crippen LogP contribution < -0.4 is 5.32 Å². The molecule has 2 N–H and O–H groups in total. The molecule has 0 aliphatic carbocycles. The first-order valence-electron chi connectivity index (χ1n) is 6.85. The maximum absolute atomic E-state index is 9.03. The highest BCUT2D eigenvalue weighted by molar-refractivity contribution is 7.98. The minimum Gasteiger partial charge on any atom is -0.396 e. The molecule has 2 atom stereocenters. The van der Waals surface area contributed by atoms with Crippen LogP contribution in [0, 0.1) is 5.92 Å². The van der Waals surface area contributed by atoms with E-state index in [2.05, 4.69) is 36.5 Å². The van der Waals surface area contributed by atoms with Gasteiger partial charge in [-0.05, 0) is 30.0 Å². The van der Waals surface area contributed by atoms with Crippen LogP contribution in [0.5, 0.6) is 0 Å². The first kappa shape index (κ1) is 13.9. The van der Waals surface area contributed by atoms with Gasteiger partial charge in [0.2, 0.25) is 0 Å². The lowest BCUT2D eigenvalue weighted by Gasteiger charge is -2.27. The molecule has 0 saturated carbocycles. The van der Waals surface area contributed by atoms with Crippen molar-refractivity contribution >= 4 is 11.8 Å². The largest absolute Gasteiger partial charge is 0.396 e. The molecule has 2 rings (SSSR count). The van der Waals surface area contributed by atoms with Gasteiger partial charge in [-0.1, -0.05) is 37.6 Å². The summed E-state index contributed by atoms with van der Waals surface area (Å²) < 4.78 is 0. The van der Waals surface area contributed by atoms with Gasteiger partial charge < -0.3 is 10.4 Å². The van der Waals surface area contributed by atoms with Gasteiger partial charge >= 0.3 is 0 Å². The van der Waals surface area contributed by atoms with Crippen LogP contribution in [-0.2, 0) is 5.75 Å². The summed E-state index contributed by atoms with van der Waals surface area (Å²) in [5, 5.41) is 12.7. The fraction of sp³-hybridized carbons (Fsp3) is 0.600. The predicted octanol–water partition coefficient (Wildman–Crippen LogP) is 2.97. The average Bonchev–Trinajstić information content (AvgIpc) is 2.43. The van der Waals surface area contributed by atoms with Crippen LogP contribution >= 0.6 is 11.8 Å². The zero-order valence-electron chi connectivity index (χ0n) is 11.1. The number of nitrogens with one attached hydrogen (secondary N) is 1. The van der Waals surface area contributed by atoms with Gasteiger partial charge in [0.25, 0.3) is 0 Å². The van der Waals surface area contributed by atoms with Crippen molar-refractivity contribution in [2.24, 2.45) is 5.92 Å². The standard InChI is InChI=1S/C15H23NOS/c1-2-12(7-8-17)9-16-15-11-18-10-13-5-3-4-6-14(13)15/h3-6,12,15-17H,2,7-11H2,1H3. The van der Waals surface area contributed by atoms with Gasteiger partial charge in [0.05, 0.1) is 0 Å². The Morgan fingerprint density at radius 2 is 2.28 bits per heavy atom. The molecule has 18 heavy (non-hydrogen) atoms. The van der Waals surface area contributed by atoms with E-state index < -0.39 is 0 Å². The van der Waals surface area contributed by atoms with Crippen LogP contribution in [0.4, 0.5) is 0 Å². The monoisotopic (exact) mass is 265 g/mol. The zero-order chi connectivity index (χ0) is 12.8. The Hall–Kier alpha value is -0.510. The second-order valence-electron chi connectivity index (χ2n) is 4.96. The number of aliphatic hydroxyl groups excluding tert-OH is 1. The smallest absolute Gasteiger partial charge is 0.0434 e. The third-order valence-corrected chi connectivity index (χ3v) is 4.82. The van der Waals surface area contributed by atoms with E-state index in [1.165, 1.54) is 11.1 Å². The minimum atomic E-state index is 0.302. The van der Waals surface area contributed by atoms with Crippen LogP contribution in [0.1, 0.15) is 36.9 Å². The Morgan fingerprint density at radius 3 is 3.06 bits per heavy atom. The first-order valence-corrected chi connectivity index (χ1v) is 8.00. The summed E-state index contributed by atoms with van der Waals surface area (Å²) >= 11 is 2.01. The number of hydrogen-bond donors (Lipinski definition) is 2. The van der Waals surface area contributed by atoms with E-state index in [1.807, 2.05) is 11.8 Å². The van der Waals surface area contributed by atoms with E-state index in [1.54, 1.807) is 0 Å². The van der Waals surface area contributed by atoms with Crippen LogP contribution in [0.25, 0.3) is 0 Å². The number of aliphatic hydroxyl groups is 1. The molecule has 100 valence electrons. The molecule has 1 aliphatic heterocycles. The molecule has 0 spiro atoms. The second-order valence-corrected chi connectivity index (χ2v) is 5.99. The van der Waals surface area contributed by atoms with E-state index in [9.17, 15) is 0 Å². The Kier molecular flexibility index (Phi) is 5.54. The van der Waals surface area contributed by atoms with Crippen LogP contribution in [-0.4, -0.2) is 24.0 Å².